The predicted octanol–water partition coefficient (Wildman–Crippen LogP) is 7.10. The van der Waals surface area contributed by atoms with E-state index in [-0.39, 0.29) is 0 Å². The van der Waals surface area contributed by atoms with E-state index < -0.39 is 8.72 Å². The van der Waals surface area contributed by atoms with Crippen LogP contribution in [-0.4, -0.2) is 8.72 Å². The Bertz CT molecular complexity index is 973. The van der Waals surface area contributed by atoms with E-state index in [1.807, 2.05) is 0 Å². The molecule has 0 fully saturated rings. The molecule has 0 aliphatic rings. The van der Waals surface area contributed by atoms with Crippen LogP contribution in [0.3, 0.4) is 0 Å². The molecule has 5 heteroatoms. The Morgan fingerprint density at radius 3 is 0.697 bits per heavy atom. The Morgan fingerprint density at radius 1 is 0.333 bits per heavy atom. The van der Waals surface area contributed by atoms with Crippen LogP contribution in [0.4, 0.5) is 22.7 Å². The number of rotatable bonds is 8. The molecule has 0 aliphatic heterocycles. The van der Waals surface area contributed by atoms with E-state index in [1.54, 1.807) is 0 Å². The zero-order chi connectivity index (χ0) is 23.3. The maximum absolute atomic E-state index is 3.81. The van der Waals surface area contributed by atoms with Crippen molar-refractivity contribution in [1.82, 2.24) is 0 Å². The summed E-state index contributed by atoms with van der Waals surface area (Å²) in [5.74, 6) is 0. The van der Waals surface area contributed by atoms with Gasteiger partial charge in [-0.1, -0.05) is 70.8 Å². The molecular formula is C28H32N4Si. The fraction of sp³-hybridized carbons (Fsp3) is 0.143. The summed E-state index contributed by atoms with van der Waals surface area (Å²) in [4.78, 5) is 15.3. The summed E-state index contributed by atoms with van der Waals surface area (Å²) in [5.41, 5.74) is 9.12. The summed E-state index contributed by atoms with van der Waals surface area (Å²) in [5, 5.41) is 0. The summed E-state index contributed by atoms with van der Waals surface area (Å²) in [6, 6.07) is 34.1. The van der Waals surface area contributed by atoms with E-state index in [4.69, 9.17) is 0 Å². The third kappa shape index (κ3) is 6.17. The van der Waals surface area contributed by atoms with E-state index >= 15 is 0 Å². The summed E-state index contributed by atoms with van der Waals surface area (Å²) < 4.78 is 0. The lowest BCUT2D eigenvalue weighted by Crippen LogP contribution is -2.66. The molecule has 4 aromatic carbocycles. The minimum atomic E-state index is -2.83. The highest BCUT2D eigenvalue weighted by Gasteiger charge is 2.38. The van der Waals surface area contributed by atoms with Gasteiger partial charge in [-0.25, -0.2) is 0 Å². The normalized spacial score (nSPS) is 11.0. The fourth-order valence-corrected chi connectivity index (χ4v) is 6.37. The molecule has 4 nitrogen and oxygen atoms in total. The van der Waals surface area contributed by atoms with Gasteiger partial charge in [0.1, 0.15) is 0 Å². The van der Waals surface area contributed by atoms with Crippen LogP contribution in [0.1, 0.15) is 22.3 Å². The third-order valence-corrected chi connectivity index (χ3v) is 8.19. The molecule has 0 saturated heterocycles. The molecule has 0 spiro atoms. The molecule has 0 amide bonds. The minimum absolute atomic E-state index is 1.05. The van der Waals surface area contributed by atoms with Gasteiger partial charge >= 0.3 is 8.72 Å². The molecule has 0 radical (unpaired) electrons. The Morgan fingerprint density at radius 2 is 0.515 bits per heavy atom. The smallest absolute Gasteiger partial charge is 0.360 e. The summed E-state index contributed by atoms with van der Waals surface area (Å²) in [6.07, 6.45) is 0. The second-order valence-electron chi connectivity index (χ2n) is 8.71. The van der Waals surface area contributed by atoms with Gasteiger partial charge in [-0.05, 0) is 76.2 Å². The molecule has 0 aromatic heterocycles. The molecule has 0 atom stereocenters. The lowest BCUT2D eigenvalue weighted by molar-refractivity contribution is 1.40. The molecule has 0 aliphatic carbocycles. The number of aryl methyl sites for hydroxylation is 4. The molecule has 0 saturated carbocycles. The molecule has 0 unspecified atom stereocenters. The molecule has 4 aromatic rings. The zero-order valence-corrected chi connectivity index (χ0v) is 20.7. The van der Waals surface area contributed by atoms with Gasteiger partial charge in [0, 0.05) is 22.7 Å². The Labute approximate surface area is 198 Å². The van der Waals surface area contributed by atoms with Gasteiger partial charge in [0.05, 0.1) is 0 Å². The van der Waals surface area contributed by atoms with E-state index in [1.165, 1.54) is 22.3 Å². The number of anilines is 4. The van der Waals surface area contributed by atoms with Crippen LogP contribution in [0.25, 0.3) is 0 Å². The van der Waals surface area contributed by atoms with Crippen LogP contribution in [0.2, 0.25) is 0 Å². The number of hydrogen-bond donors (Lipinski definition) is 4. The predicted molar refractivity (Wildman–Crippen MR) is 145 cm³/mol. The van der Waals surface area contributed by atoms with Gasteiger partial charge in [-0.3, -0.25) is 0 Å². The van der Waals surface area contributed by atoms with Crippen molar-refractivity contribution in [2.45, 2.75) is 27.7 Å². The average molecular weight is 453 g/mol. The first-order chi connectivity index (χ1) is 15.9. The van der Waals surface area contributed by atoms with Crippen molar-refractivity contribution < 1.29 is 0 Å². The van der Waals surface area contributed by atoms with Crippen molar-refractivity contribution in [3.05, 3.63) is 119 Å². The van der Waals surface area contributed by atoms with Crippen LogP contribution in [-0.2, 0) is 0 Å². The lowest BCUT2D eigenvalue weighted by Gasteiger charge is -2.36. The quantitative estimate of drug-likeness (QED) is 0.215. The third-order valence-electron chi connectivity index (χ3n) is 5.53. The fourth-order valence-electron chi connectivity index (χ4n) is 3.60. The van der Waals surface area contributed by atoms with Crippen molar-refractivity contribution in [3.8, 4) is 0 Å². The standard InChI is InChI=1S/C28H32N4Si/c1-21-5-13-25(14-6-21)29-33(30-26-15-7-22(2)8-16-26,31-27-17-9-23(3)10-18-27)32-28-19-11-24(4)12-20-28/h5-20,29-32H,1-4H3. The number of benzene rings is 4. The van der Waals surface area contributed by atoms with Crippen molar-refractivity contribution in [1.29, 1.82) is 0 Å². The summed E-state index contributed by atoms with van der Waals surface area (Å²) in [6.45, 7) is 8.42. The van der Waals surface area contributed by atoms with E-state index in [2.05, 4.69) is 145 Å². The topological polar surface area (TPSA) is 48.1 Å². The molecule has 4 N–H and O–H groups in total. The van der Waals surface area contributed by atoms with E-state index in [0.29, 0.717) is 0 Å². The minimum Gasteiger partial charge on any atom is -0.360 e. The second kappa shape index (κ2) is 9.84. The maximum atomic E-state index is 3.81. The van der Waals surface area contributed by atoms with Crippen LogP contribution in [0.5, 0.6) is 0 Å². The molecular weight excluding hydrogens is 420 g/mol. The van der Waals surface area contributed by atoms with E-state index in [9.17, 15) is 0 Å². The van der Waals surface area contributed by atoms with Gasteiger partial charge in [0.25, 0.3) is 0 Å². The number of nitrogens with one attached hydrogen (secondary N) is 4. The first-order valence-electron chi connectivity index (χ1n) is 11.3. The van der Waals surface area contributed by atoms with Crippen LogP contribution >= 0.6 is 0 Å². The molecule has 4 rings (SSSR count). The van der Waals surface area contributed by atoms with Crippen molar-refractivity contribution in [3.63, 3.8) is 0 Å². The zero-order valence-electron chi connectivity index (χ0n) is 19.7. The first-order valence-corrected chi connectivity index (χ1v) is 13.3. The second-order valence-corrected chi connectivity index (χ2v) is 11.2. The van der Waals surface area contributed by atoms with Gasteiger partial charge in [0.15, 0.2) is 0 Å². The molecule has 0 heterocycles. The maximum Gasteiger partial charge on any atom is 0.492 e. The lowest BCUT2D eigenvalue weighted by atomic mass is 10.2. The average Bonchev–Trinajstić information content (AvgIpc) is 2.80. The monoisotopic (exact) mass is 452 g/mol. The Hall–Kier alpha value is -3.70. The molecule has 0 bridgehead atoms. The largest absolute Gasteiger partial charge is 0.492 e. The van der Waals surface area contributed by atoms with Crippen LogP contribution < -0.4 is 19.9 Å². The van der Waals surface area contributed by atoms with Crippen molar-refractivity contribution in [2.24, 2.45) is 0 Å². The molecule has 33 heavy (non-hydrogen) atoms. The van der Waals surface area contributed by atoms with Crippen molar-refractivity contribution in [2.75, 3.05) is 19.9 Å². The van der Waals surface area contributed by atoms with Gasteiger partial charge < -0.3 is 19.9 Å². The first kappa shape index (κ1) is 22.5. The number of hydrogen-bond acceptors (Lipinski definition) is 4. The Balaban J connectivity index is 1.77. The van der Waals surface area contributed by atoms with Crippen molar-refractivity contribution >= 4 is 31.5 Å². The summed E-state index contributed by atoms with van der Waals surface area (Å²) in [7, 11) is -2.83. The Kier molecular flexibility index (Phi) is 6.70. The highest BCUT2D eigenvalue weighted by atomic mass is 28.4. The van der Waals surface area contributed by atoms with Gasteiger partial charge in [-0.2, -0.15) is 0 Å². The SMILES string of the molecule is Cc1ccc(N[Si](Nc2ccc(C)cc2)(Nc2ccc(C)cc2)Nc2ccc(C)cc2)cc1. The van der Waals surface area contributed by atoms with Gasteiger partial charge in [0.2, 0.25) is 0 Å². The highest BCUT2D eigenvalue weighted by molar-refractivity contribution is 6.90. The van der Waals surface area contributed by atoms with Crippen LogP contribution in [0, 0.1) is 27.7 Å². The molecule has 168 valence electrons. The highest BCUT2D eigenvalue weighted by Crippen LogP contribution is 2.23. The van der Waals surface area contributed by atoms with Crippen LogP contribution in [0.15, 0.2) is 97.1 Å². The van der Waals surface area contributed by atoms with E-state index in [0.717, 1.165) is 22.7 Å². The van der Waals surface area contributed by atoms with Gasteiger partial charge in [-0.15, -0.1) is 0 Å². The summed E-state index contributed by atoms with van der Waals surface area (Å²) >= 11 is 0.